The molecule has 6 heteroatoms. The fourth-order valence-corrected chi connectivity index (χ4v) is 0.742. The van der Waals surface area contributed by atoms with Crippen molar-refractivity contribution in [3.8, 4) is 0 Å². The highest BCUT2D eigenvalue weighted by Crippen LogP contribution is 2.29. The summed E-state index contributed by atoms with van der Waals surface area (Å²) in [5, 5.41) is 0. The van der Waals surface area contributed by atoms with Crippen LogP contribution in [0.4, 0.5) is 9.59 Å². The third-order valence-electron chi connectivity index (χ3n) is 1.50. The van der Waals surface area contributed by atoms with Crippen LogP contribution >= 0.6 is 0 Å². The van der Waals surface area contributed by atoms with Crippen LogP contribution in [0.1, 0.15) is 6.42 Å². The number of methoxy groups -OCH3 is 2. The van der Waals surface area contributed by atoms with Crippen LogP contribution in [0.25, 0.3) is 0 Å². The summed E-state index contributed by atoms with van der Waals surface area (Å²) in [7, 11) is 2.42. The van der Waals surface area contributed by atoms with E-state index >= 15 is 0 Å². The molecule has 1 rings (SSSR count). The minimum atomic E-state index is -0.777. The van der Waals surface area contributed by atoms with Gasteiger partial charge in [-0.15, -0.1) is 0 Å². The Morgan fingerprint density at radius 3 is 1.69 bits per heavy atom. The number of hydrogen-bond acceptors (Lipinski definition) is 6. The normalized spacial score (nSPS) is 24.5. The second kappa shape index (κ2) is 3.97. The third-order valence-corrected chi connectivity index (χ3v) is 1.50. The van der Waals surface area contributed by atoms with E-state index in [1.165, 1.54) is 14.2 Å². The van der Waals surface area contributed by atoms with E-state index in [9.17, 15) is 9.59 Å². The molecule has 0 saturated heterocycles. The molecular formula is C7H10O6. The van der Waals surface area contributed by atoms with Crippen molar-refractivity contribution in [3.05, 3.63) is 0 Å². The molecule has 2 atom stereocenters. The van der Waals surface area contributed by atoms with Crippen molar-refractivity contribution in [1.82, 2.24) is 0 Å². The summed E-state index contributed by atoms with van der Waals surface area (Å²) < 4.78 is 17.8. The van der Waals surface area contributed by atoms with Crippen LogP contribution in [0.15, 0.2) is 0 Å². The average molecular weight is 190 g/mol. The number of carbonyl (C=O) groups is 2. The number of rotatable bonds is 2. The van der Waals surface area contributed by atoms with Crippen LogP contribution in [0.3, 0.4) is 0 Å². The van der Waals surface area contributed by atoms with Gasteiger partial charge in [0.15, 0.2) is 0 Å². The maximum Gasteiger partial charge on any atom is 0.508 e. The predicted octanol–water partition coefficient (Wildman–Crippen LogP) is 0.693. The van der Waals surface area contributed by atoms with Gasteiger partial charge >= 0.3 is 12.3 Å². The first kappa shape index (κ1) is 9.63. The lowest BCUT2D eigenvalue weighted by molar-refractivity contribution is 0.0297. The van der Waals surface area contributed by atoms with E-state index in [-0.39, 0.29) is 0 Å². The fourth-order valence-electron chi connectivity index (χ4n) is 0.742. The van der Waals surface area contributed by atoms with Crippen LogP contribution in [-0.2, 0) is 18.9 Å². The van der Waals surface area contributed by atoms with Gasteiger partial charge in [0.1, 0.15) is 12.2 Å². The van der Waals surface area contributed by atoms with Gasteiger partial charge in [-0.05, 0) is 0 Å². The standard InChI is InChI=1S/C7H10O6/c1-10-6(8)12-4-3-5(4)13-7(9)11-2/h4-5H,3H2,1-2H3/t4-,5-/m1/s1. The van der Waals surface area contributed by atoms with Crippen LogP contribution in [0.2, 0.25) is 0 Å². The maximum absolute atomic E-state index is 10.5. The summed E-state index contributed by atoms with van der Waals surface area (Å²) in [5.41, 5.74) is 0. The van der Waals surface area contributed by atoms with Crippen molar-refractivity contribution < 1.29 is 28.5 Å². The topological polar surface area (TPSA) is 71.1 Å². The number of hydrogen-bond donors (Lipinski definition) is 0. The van der Waals surface area contributed by atoms with Crippen LogP contribution in [0.5, 0.6) is 0 Å². The van der Waals surface area contributed by atoms with Crippen molar-refractivity contribution in [2.75, 3.05) is 14.2 Å². The van der Waals surface area contributed by atoms with E-state index in [2.05, 4.69) is 18.9 Å². The maximum atomic E-state index is 10.5. The molecule has 0 aliphatic heterocycles. The van der Waals surface area contributed by atoms with Gasteiger partial charge in [-0.1, -0.05) is 0 Å². The lowest BCUT2D eigenvalue weighted by Gasteiger charge is -2.02. The van der Waals surface area contributed by atoms with Crippen molar-refractivity contribution in [2.24, 2.45) is 0 Å². The Bertz CT molecular complexity index is 191. The lowest BCUT2D eigenvalue weighted by atomic mass is 10.8. The highest BCUT2D eigenvalue weighted by Gasteiger charge is 2.45. The summed E-state index contributed by atoms with van der Waals surface area (Å²) in [5.74, 6) is 0. The van der Waals surface area contributed by atoms with Crippen molar-refractivity contribution in [1.29, 1.82) is 0 Å². The van der Waals surface area contributed by atoms with E-state index in [4.69, 9.17) is 0 Å². The monoisotopic (exact) mass is 190 g/mol. The molecular weight excluding hydrogens is 180 g/mol. The molecule has 1 fully saturated rings. The second-order valence-corrected chi connectivity index (χ2v) is 2.46. The molecule has 0 spiro atoms. The van der Waals surface area contributed by atoms with Crippen LogP contribution in [-0.4, -0.2) is 38.7 Å². The van der Waals surface area contributed by atoms with E-state index < -0.39 is 24.5 Å². The molecule has 0 amide bonds. The summed E-state index contributed by atoms with van der Waals surface area (Å²) in [6.45, 7) is 0. The van der Waals surface area contributed by atoms with E-state index in [1.807, 2.05) is 0 Å². The molecule has 0 bridgehead atoms. The molecule has 74 valence electrons. The zero-order chi connectivity index (χ0) is 9.84. The SMILES string of the molecule is COC(=O)O[C@@H]1C[C@H]1OC(=O)OC. The van der Waals surface area contributed by atoms with Crippen molar-refractivity contribution in [3.63, 3.8) is 0 Å². The Balaban J connectivity index is 2.15. The molecule has 0 aromatic heterocycles. The lowest BCUT2D eigenvalue weighted by Crippen LogP contribution is -2.13. The molecule has 0 heterocycles. The summed E-state index contributed by atoms with van der Waals surface area (Å²) >= 11 is 0. The molecule has 1 aliphatic carbocycles. The third kappa shape index (κ3) is 2.81. The van der Waals surface area contributed by atoms with E-state index in [0.29, 0.717) is 6.42 Å². The van der Waals surface area contributed by atoms with Gasteiger partial charge in [-0.2, -0.15) is 0 Å². The molecule has 0 unspecified atom stereocenters. The fraction of sp³-hybridized carbons (Fsp3) is 0.714. The largest absolute Gasteiger partial charge is 0.508 e. The van der Waals surface area contributed by atoms with Gasteiger partial charge in [0.05, 0.1) is 14.2 Å². The Kier molecular flexibility index (Phi) is 2.94. The van der Waals surface area contributed by atoms with Gasteiger partial charge in [-0.25, -0.2) is 9.59 Å². The van der Waals surface area contributed by atoms with Crippen LogP contribution in [0, 0.1) is 0 Å². The molecule has 0 aromatic carbocycles. The molecule has 1 aliphatic rings. The van der Waals surface area contributed by atoms with Gasteiger partial charge in [0.2, 0.25) is 0 Å². The minimum absolute atomic E-state index is 0.397. The highest BCUT2D eigenvalue weighted by molar-refractivity contribution is 5.62. The summed E-state index contributed by atoms with van der Waals surface area (Å²) in [4.78, 5) is 21.1. The molecule has 1 saturated carbocycles. The van der Waals surface area contributed by atoms with Gasteiger partial charge < -0.3 is 18.9 Å². The number of carbonyl (C=O) groups excluding carboxylic acids is 2. The number of ether oxygens (including phenoxy) is 4. The zero-order valence-electron chi connectivity index (χ0n) is 7.31. The Labute approximate surface area is 74.7 Å². The first-order chi connectivity index (χ1) is 6.17. The average Bonchev–Trinajstić information content (AvgIpc) is 2.83. The molecule has 13 heavy (non-hydrogen) atoms. The van der Waals surface area contributed by atoms with E-state index in [1.54, 1.807) is 0 Å². The van der Waals surface area contributed by atoms with E-state index in [0.717, 1.165) is 0 Å². The first-order valence-corrected chi connectivity index (χ1v) is 3.66. The predicted molar refractivity (Wildman–Crippen MR) is 39.2 cm³/mol. The quantitative estimate of drug-likeness (QED) is 0.596. The van der Waals surface area contributed by atoms with Crippen molar-refractivity contribution >= 4 is 12.3 Å². The molecule has 0 aromatic rings. The first-order valence-electron chi connectivity index (χ1n) is 3.66. The summed E-state index contributed by atoms with van der Waals surface area (Å²) in [6, 6.07) is 0. The molecule has 6 nitrogen and oxygen atoms in total. The highest BCUT2D eigenvalue weighted by atomic mass is 16.8. The smallest absolute Gasteiger partial charge is 0.438 e. The van der Waals surface area contributed by atoms with Crippen LogP contribution < -0.4 is 0 Å². The van der Waals surface area contributed by atoms with Gasteiger partial charge in [0.25, 0.3) is 0 Å². The Morgan fingerprint density at radius 2 is 1.38 bits per heavy atom. The van der Waals surface area contributed by atoms with Crippen molar-refractivity contribution in [2.45, 2.75) is 18.6 Å². The van der Waals surface area contributed by atoms with Gasteiger partial charge in [0, 0.05) is 6.42 Å². The Morgan fingerprint density at radius 1 is 1.00 bits per heavy atom. The second-order valence-electron chi connectivity index (χ2n) is 2.46. The van der Waals surface area contributed by atoms with Gasteiger partial charge in [-0.3, -0.25) is 0 Å². The molecule has 0 radical (unpaired) electrons. The zero-order valence-corrected chi connectivity index (χ0v) is 7.31. The molecule has 0 N–H and O–H groups in total. The minimum Gasteiger partial charge on any atom is -0.438 e. The summed E-state index contributed by atoms with van der Waals surface area (Å²) in [6.07, 6.45) is -1.86. The Hall–Kier alpha value is -1.46.